The third-order valence-corrected chi connectivity index (χ3v) is 11.1. The molecule has 0 aliphatic carbocycles. The molecule has 0 fully saturated rings. The standard InChI is InChI=1S/C50H29N5/c1-52-33-24-26-41-40-17-5-9-22-47(40)55(49(41)29-33)48-23-11-18-36(43(48)31-51)32-12-10-13-34(28-32)54-46-21-8-4-16-39(46)42-27-25-35(30-50(42)54)53-44-19-6-2-14-37(44)38-15-3-7-20-45(38)53/h2-30H. The van der Waals surface area contributed by atoms with Gasteiger partial charge >= 0.3 is 0 Å². The summed E-state index contributed by atoms with van der Waals surface area (Å²) in [7, 11) is 0. The van der Waals surface area contributed by atoms with Crippen LogP contribution in [0.1, 0.15) is 5.56 Å². The van der Waals surface area contributed by atoms with E-state index in [9.17, 15) is 5.26 Å². The van der Waals surface area contributed by atoms with Crippen molar-refractivity contribution in [3.05, 3.63) is 193 Å². The molecule has 5 heteroatoms. The van der Waals surface area contributed by atoms with Gasteiger partial charge in [0.2, 0.25) is 0 Å². The molecule has 55 heavy (non-hydrogen) atoms. The molecule has 0 atom stereocenters. The zero-order valence-electron chi connectivity index (χ0n) is 29.5. The highest BCUT2D eigenvalue weighted by Crippen LogP contribution is 2.40. The topological polar surface area (TPSA) is 42.9 Å². The van der Waals surface area contributed by atoms with Crippen LogP contribution in [0.4, 0.5) is 5.69 Å². The molecule has 11 rings (SSSR count). The number of hydrogen-bond donors (Lipinski definition) is 0. The number of rotatable bonds is 4. The van der Waals surface area contributed by atoms with Crippen LogP contribution in [-0.2, 0) is 0 Å². The Labute approximate surface area is 316 Å². The molecule has 0 spiro atoms. The first kappa shape index (κ1) is 30.7. The van der Waals surface area contributed by atoms with Crippen molar-refractivity contribution in [3.8, 4) is 34.3 Å². The fourth-order valence-corrected chi connectivity index (χ4v) is 8.76. The van der Waals surface area contributed by atoms with Crippen molar-refractivity contribution in [2.24, 2.45) is 0 Å². The van der Waals surface area contributed by atoms with Crippen LogP contribution in [0.25, 0.3) is 98.5 Å². The average Bonchev–Trinajstić information content (AvgIpc) is 3.88. The van der Waals surface area contributed by atoms with E-state index in [1.807, 2.05) is 48.5 Å². The summed E-state index contributed by atoms with van der Waals surface area (Å²) in [5.41, 5.74) is 12.3. The number of nitriles is 1. The summed E-state index contributed by atoms with van der Waals surface area (Å²) in [6.45, 7) is 7.71. The number of hydrogen-bond acceptors (Lipinski definition) is 1. The highest BCUT2D eigenvalue weighted by atomic mass is 15.0. The summed E-state index contributed by atoms with van der Waals surface area (Å²) in [5.74, 6) is 0. The van der Waals surface area contributed by atoms with E-state index < -0.39 is 0 Å². The predicted molar refractivity (Wildman–Crippen MR) is 226 cm³/mol. The van der Waals surface area contributed by atoms with Gasteiger partial charge in [-0.15, -0.1) is 0 Å². The Bertz CT molecular complexity index is 3420. The smallest absolute Gasteiger partial charge is 0.189 e. The number of benzene rings is 8. The van der Waals surface area contributed by atoms with Crippen molar-refractivity contribution in [2.45, 2.75) is 0 Å². The summed E-state index contributed by atoms with van der Waals surface area (Å²) in [4.78, 5) is 3.73. The maximum Gasteiger partial charge on any atom is 0.189 e. The van der Waals surface area contributed by atoms with Crippen LogP contribution in [0.2, 0.25) is 0 Å². The Morgan fingerprint density at radius 1 is 0.418 bits per heavy atom. The molecule has 0 aliphatic heterocycles. The van der Waals surface area contributed by atoms with Gasteiger partial charge in [-0.3, -0.25) is 0 Å². The van der Waals surface area contributed by atoms with Gasteiger partial charge in [-0.25, -0.2) is 4.85 Å². The molecule has 0 aliphatic rings. The second-order valence-electron chi connectivity index (χ2n) is 14.0. The zero-order valence-corrected chi connectivity index (χ0v) is 29.5. The molecule has 0 saturated carbocycles. The van der Waals surface area contributed by atoms with Crippen molar-refractivity contribution in [1.82, 2.24) is 13.7 Å². The quantitative estimate of drug-likeness (QED) is 0.169. The van der Waals surface area contributed by atoms with E-state index in [-0.39, 0.29) is 0 Å². The monoisotopic (exact) mass is 699 g/mol. The third-order valence-electron chi connectivity index (χ3n) is 11.1. The minimum Gasteiger partial charge on any atom is -0.309 e. The van der Waals surface area contributed by atoms with Crippen LogP contribution >= 0.6 is 0 Å². The number of para-hydroxylation sites is 4. The lowest BCUT2D eigenvalue weighted by atomic mass is 9.98. The molecule has 0 radical (unpaired) electrons. The molecule has 0 amide bonds. The first-order chi connectivity index (χ1) is 27.2. The minimum absolute atomic E-state index is 0.561. The second kappa shape index (κ2) is 11.8. The number of fused-ring (bicyclic) bond motifs is 9. The van der Waals surface area contributed by atoms with E-state index in [0.29, 0.717) is 11.3 Å². The lowest BCUT2D eigenvalue weighted by molar-refractivity contribution is 1.15. The lowest BCUT2D eigenvalue weighted by Gasteiger charge is -2.15. The average molecular weight is 700 g/mol. The maximum atomic E-state index is 10.9. The van der Waals surface area contributed by atoms with E-state index >= 15 is 0 Å². The van der Waals surface area contributed by atoms with Crippen LogP contribution in [0.15, 0.2) is 176 Å². The third kappa shape index (κ3) is 4.45. The number of nitrogens with zero attached hydrogens (tertiary/aromatic N) is 5. The molecule has 8 aromatic carbocycles. The summed E-state index contributed by atoms with van der Waals surface area (Å²) in [6.07, 6.45) is 0. The molecular weight excluding hydrogens is 671 g/mol. The molecule has 0 N–H and O–H groups in total. The van der Waals surface area contributed by atoms with E-state index in [4.69, 9.17) is 6.57 Å². The van der Waals surface area contributed by atoms with Gasteiger partial charge in [-0.1, -0.05) is 115 Å². The fourth-order valence-electron chi connectivity index (χ4n) is 8.76. The van der Waals surface area contributed by atoms with E-state index in [0.717, 1.165) is 61.0 Å². The minimum atomic E-state index is 0.561. The van der Waals surface area contributed by atoms with Gasteiger partial charge in [0.1, 0.15) is 6.07 Å². The Hall–Kier alpha value is -7.86. The van der Waals surface area contributed by atoms with Gasteiger partial charge in [-0.2, -0.15) is 5.26 Å². The lowest BCUT2D eigenvalue weighted by Crippen LogP contribution is -2.00. The molecule has 0 unspecified atom stereocenters. The van der Waals surface area contributed by atoms with Crippen molar-refractivity contribution in [1.29, 1.82) is 5.26 Å². The van der Waals surface area contributed by atoms with E-state index in [1.165, 1.54) is 32.6 Å². The van der Waals surface area contributed by atoms with Crippen LogP contribution in [0.5, 0.6) is 0 Å². The molecule has 5 nitrogen and oxygen atoms in total. The molecule has 3 aromatic heterocycles. The van der Waals surface area contributed by atoms with E-state index in [1.54, 1.807) is 0 Å². The molecular formula is C50H29N5. The summed E-state index contributed by atoms with van der Waals surface area (Å²) in [5, 5.41) is 17.8. The van der Waals surface area contributed by atoms with Crippen LogP contribution in [0.3, 0.4) is 0 Å². The molecule has 0 bridgehead atoms. The molecule has 11 aromatic rings. The first-order valence-electron chi connectivity index (χ1n) is 18.3. The fraction of sp³-hybridized carbons (Fsp3) is 0. The first-order valence-corrected chi connectivity index (χ1v) is 18.3. The normalized spacial score (nSPS) is 11.6. The maximum absolute atomic E-state index is 10.9. The van der Waals surface area contributed by atoms with E-state index in [2.05, 4.69) is 152 Å². The van der Waals surface area contributed by atoms with Crippen LogP contribution < -0.4 is 0 Å². The van der Waals surface area contributed by atoms with Crippen molar-refractivity contribution < 1.29 is 0 Å². The van der Waals surface area contributed by atoms with Gasteiger partial charge in [0.15, 0.2) is 5.69 Å². The van der Waals surface area contributed by atoms with Gasteiger partial charge < -0.3 is 13.7 Å². The molecule has 254 valence electrons. The van der Waals surface area contributed by atoms with Gasteiger partial charge in [0.05, 0.1) is 45.4 Å². The zero-order chi connectivity index (χ0) is 36.6. The summed E-state index contributed by atoms with van der Waals surface area (Å²) in [6, 6.07) is 63.8. The second-order valence-corrected chi connectivity index (χ2v) is 14.0. The summed E-state index contributed by atoms with van der Waals surface area (Å²) < 4.78 is 6.84. The van der Waals surface area contributed by atoms with Crippen molar-refractivity contribution >= 4 is 71.1 Å². The predicted octanol–water partition coefficient (Wildman–Crippen LogP) is 13.1. The Kier molecular flexibility index (Phi) is 6.61. The number of aromatic nitrogens is 3. The van der Waals surface area contributed by atoms with Crippen LogP contribution in [0, 0.1) is 17.9 Å². The van der Waals surface area contributed by atoms with Gasteiger partial charge in [-0.05, 0) is 66.2 Å². The van der Waals surface area contributed by atoms with Crippen molar-refractivity contribution in [3.63, 3.8) is 0 Å². The highest BCUT2D eigenvalue weighted by Gasteiger charge is 2.20. The Morgan fingerprint density at radius 2 is 0.909 bits per heavy atom. The molecule has 0 saturated heterocycles. The summed E-state index contributed by atoms with van der Waals surface area (Å²) >= 11 is 0. The Morgan fingerprint density at radius 3 is 1.51 bits per heavy atom. The highest BCUT2D eigenvalue weighted by molar-refractivity contribution is 6.13. The van der Waals surface area contributed by atoms with Gasteiger partial charge in [0, 0.05) is 54.8 Å². The largest absolute Gasteiger partial charge is 0.309 e. The van der Waals surface area contributed by atoms with Crippen LogP contribution in [-0.4, -0.2) is 13.7 Å². The van der Waals surface area contributed by atoms with Crippen molar-refractivity contribution in [2.75, 3.05) is 0 Å². The molecule has 3 heterocycles. The Balaban J connectivity index is 1.13. The van der Waals surface area contributed by atoms with Gasteiger partial charge in [0.25, 0.3) is 0 Å². The SMILES string of the molecule is [C-]#[N+]c1ccc2c3ccccc3n(-c3cccc(-c4cccc(-n5c6ccccc6c6ccc(-n7c8ccccc8c8ccccc87)cc65)c4)c3C#N)c2c1.